The summed E-state index contributed by atoms with van der Waals surface area (Å²) in [7, 11) is 3.53. The van der Waals surface area contributed by atoms with E-state index in [1.54, 1.807) is 7.11 Å². The van der Waals surface area contributed by atoms with Gasteiger partial charge < -0.3 is 14.1 Å². The minimum Gasteiger partial charge on any atom is -0.497 e. The molecule has 3 rings (SSSR count). The lowest BCUT2D eigenvalue weighted by atomic mass is 9.87. The molecule has 1 aromatic heterocycles. The summed E-state index contributed by atoms with van der Waals surface area (Å²) in [6, 6.07) is 7.77. The Balaban J connectivity index is 1.53. The fraction of sp³-hybridized carbons (Fsp3) is 0.526. The Morgan fingerprint density at radius 2 is 1.92 bits per heavy atom. The van der Waals surface area contributed by atoms with E-state index in [2.05, 4.69) is 17.1 Å². The predicted octanol–water partition coefficient (Wildman–Crippen LogP) is 3.87. The van der Waals surface area contributed by atoms with Crippen molar-refractivity contribution in [1.29, 1.82) is 0 Å². The third-order valence-corrected chi connectivity index (χ3v) is 5.79. The predicted molar refractivity (Wildman–Crippen MR) is 101 cm³/mol. The van der Waals surface area contributed by atoms with Crippen molar-refractivity contribution in [3.63, 3.8) is 0 Å². The van der Waals surface area contributed by atoms with Gasteiger partial charge in [0.1, 0.15) is 5.75 Å². The van der Waals surface area contributed by atoms with Crippen LogP contribution < -0.4 is 4.74 Å². The third kappa shape index (κ3) is 4.58. The van der Waals surface area contributed by atoms with Gasteiger partial charge in [0.25, 0.3) is 5.22 Å². The lowest BCUT2D eigenvalue weighted by molar-refractivity contribution is -0.129. The van der Waals surface area contributed by atoms with Crippen molar-refractivity contribution >= 4 is 17.7 Å². The number of aromatic nitrogens is 2. The smallest absolute Gasteiger partial charge is 0.277 e. The number of hydrogen-bond acceptors (Lipinski definition) is 6. The molecule has 0 radical (unpaired) electrons. The SMILES string of the molecule is COc1ccc(-c2nnc(SCC(=O)N(C)C3CCC(C)CC3)o2)cc1. The highest BCUT2D eigenvalue weighted by Gasteiger charge is 2.25. The Bertz CT molecular complexity index is 724. The molecule has 0 unspecified atom stereocenters. The number of carbonyl (C=O) groups excluding carboxylic acids is 1. The minimum absolute atomic E-state index is 0.110. The number of ether oxygens (including phenoxy) is 1. The highest BCUT2D eigenvalue weighted by molar-refractivity contribution is 7.99. The summed E-state index contributed by atoms with van der Waals surface area (Å²) in [6.07, 6.45) is 4.58. The van der Waals surface area contributed by atoms with Gasteiger partial charge in [-0.25, -0.2) is 0 Å². The van der Waals surface area contributed by atoms with Crippen molar-refractivity contribution in [1.82, 2.24) is 15.1 Å². The van der Waals surface area contributed by atoms with Gasteiger partial charge >= 0.3 is 0 Å². The molecule has 0 N–H and O–H groups in total. The highest BCUT2D eigenvalue weighted by Crippen LogP contribution is 2.28. The largest absolute Gasteiger partial charge is 0.497 e. The molecule has 0 aliphatic heterocycles. The zero-order chi connectivity index (χ0) is 18.5. The van der Waals surface area contributed by atoms with Gasteiger partial charge in [0, 0.05) is 18.7 Å². The molecule has 1 amide bonds. The molecule has 140 valence electrons. The monoisotopic (exact) mass is 375 g/mol. The molecule has 1 aromatic carbocycles. The maximum absolute atomic E-state index is 12.4. The maximum Gasteiger partial charge on any atom is 0.277 e. The lowest BCUT2D eigenvalue weighted by Gasteiger charge is -2.33. The molecular formula is C19H25N3O3S. The molecule has 0 atom stereocenters. The second-order valence-corrected chi connectivity index (χ2v) is 7.74. The van der Waals surface area contributed by atoms with E-state index < -0.39 is 0 Å². The third-order valence-electron chi connectivity index (χ3n) is 4.99. The number of hydrogen-bond donors (Lipinski definition) is 0. The van der Waals surface area contributed by atoms with Crippen LogP contribution in [-0.4, -0.2) is 47.0 Å². The van der Waals surface area contributed by atoms with E-state index in [9.17, 15) is 4.79 Å². The number of thioether (sulfide) groups is 1. The number of benzene rings is 1. The Labute approximate surface area is 158 Å². The molecule has 1 aliphatic rings. The maximum atomic E-state index is 12.4. The van der Waals surface area contributed by atoms with E-state index in [4.69, 9.17) is 9.15 Å². The first-order valence-electron chi connectivity index (χ1n) is 8.93. The molecule has 7 heteroatoms. The fourth-order valence-corrected chi connectivity index (χ4v) is 3.86. The molecule has 0 bridgehead atoms. The Hall–Kier alpha value is -2.02. The summed E-state index contributed by atoms with van der Waals surface area (Å²) < 4.78 is 10.8. The van der Waals surface area contributed by atoms with Gasteiger partial charge in [-0.05, 0) is 55.9 Å². The molecule has 1 heterocycles. The van der Waals surface area contributed by atoms with Gasteiger partial charge in [-0.3, -0.25) is 4.79 Å². The van der Waals surface area contributed by atoms with Crippen molar-refractivity contribution in [2.24, 2.45) is 5.92 Å². The van der Waals surface area contributed by atoms with E-state index >= 15 is 0 Å². The lowest BCUT2D eigenvalue weighted by Crippen LogP contribution is -2.40. The number of nitrogens with zero attached hydrogens (tertiary/aromatic N) is 3. The van der Waals surface area contributed by atoms with Crippen molar-refractivity contribution in [3.05, 3.63) is 24.3 Å². The van der Waals surface area contributed by atoms with E-state index in [0.717, 1.165) is 30.1 Å². The Kier molecular flexibility index (Phi) is 6.19. The van der Waals surface area contributed by atoms with Crippen LogP contribution in [0.5, 0.6) is 5.75 Å². The van der Waals surface area contributed by atoms with Gasteiger partial charge in [-0.1, -0.05) is 18.7 Å². The first kappa shape index (κ1) is 18.8. The van der Waals surface area contributed by atoms with Crippen LogP contribution in [0.25, 0.3) is 11.5 Å². The van der Waals surface area contributed by atoms with E-state index in [-0.39, 0.29) is 5.91 Å². The Morgan fingerprint density at radius 1 is 1.23 bits per heavy atom. The average molecular weight is 375 g/mol. The standard InChI is InChI=1S/C19H25N3O3S/c1-13-4-8-15(9-5-13)22(2)17(23)12-26-19-21-20-18(25-19)14-6-10-16(24-3)11-7-14/h6-7,10-11,13,15H,4-5,8-9,12H2,1-3H3. The van der Waals surface area contributed by atoms with Gasteiger partial charge in [0.15, 0.2) is 0 Å². The summed E-state index contributed by atoms with van der Waals surface area (Å²) in [5, 5.41) is 8.50. The van der Waals surface area contributed by atoms with Crippen LogP contribution in [0, 0.1) is 5.92 Å². The van der Waals surface area contributed by atoms with Gasteiger partial charge in [-0.15, -0.1) is 10.2 Å². The number of methoxy groups -OCH3 is 1. The Morgan fingerprint density at radius 3 is 2.58 bits per heavy atom. The van der Waals surface area contributed by atoms with Crippen molar-refractivity contribution in [2.45, 2.75) is 43.9 Å². The van der Waals surface area contributed by atoms with E-state index in [1.807, 2.05) is 36.2 Å². The molecule has 26 heavy (non-hydrogen) atoms. The van der Waals surface area contributed by atoms with Crippen LogP contribution >= 0.6 is 11.8 Å². The fourth-order valence-electron chi connectivity index (χ4n) is 3.18. The second kappa shape index (κ2) is 8.58. The molecule has 0 spiro atoms. The van der Waals surface area contributed by atoms with E-state index in [0.29, 0.717) is 22.9 Å². The molecule has 2 aromatic rings. The summed E-state index contributed by atoms with van der Waals surface area (Å²) in [5.74, 6) is 2.41. The number of rotatable bonds is 6. The van der Waals surface area contributed by atoms with Crippen LogP contribution in [0.2, 0.25) is 0 Å². The van der Waals surface area contributed by atoms with Gasteiger partial charge in [-0.2, -0.15) is 0 Å². The summed E-state index contributed by atoms with van der Waals surface area (Å²) >= 11 is 1.29. The summed E-state index contributed by atoms with van der Waals surface area (Å²) in [6.45, 7) is 2.28. The normalized spacial score (nSPS) is 20.0. The van der Waals surface area contributed by atoms with E-state index in [1.165, 1.54) is 24.6 Å². The number of amides is 1. The zero-order valence-corrected chi connectivity index (χ0v) is 16.3. The highest BCUT2D eigenvalue weighted by atomic mass is 32.2. The second-order valence-electron chi connectivity index (χ2n) is 6.81. The average Bonchev–Trinajstić information content (AvgIpc) is 3.15. The quantitative estimate of drug-likeness (QED) is 0.714. The minimum atomic E-state index is 0.110. The van der Waals surface area contributed by atoms with Crippen LogP contribution in [0.4, 0.5) is 0 Å². The van der Waals surface area contributed by atoms with Gasteiger partial charge in [0.2, 0.25) is 11.8 Å². The van der Waals surface area contributed by atoms with Crippen LogP contribution in [-0.2, 0) is 4.79 Å². The molecule has 1 aliphatic carbocycles. The molecule has 1 fully saturated rings. The zero-order valence-electron chi connectivity index (χ0n) is 15.5. The van der Waals surface area contributed by atoms with Crippen molar-refractivity contribution in [2.75, 3.05) is 19.9 Å². The number of carbonyl (C=O) groups is 1. The van der Waals surface area contributed by atoms with Crippen LogP contribution in [0.15, 0.2) is 33.9 Å². The van der Waals surface area contributed by atoms with Crippen LogP contribution in [0.3, 0.4) is 0 Å². The van der Waals surface area contributed by atoms with Gasteiger partial charge in [0.05, 0.1) is 12.9 Å². The van der Waals surface area contributed by atoms with Crippen molar-refractivity contribution in [3.8, 4) is 17.2 Å². The van der Waals surface area contributed by atoms with Crippen LogP contribution in [0.1, 0.15) is 32.6 Å². The summed E-state index contributed by atoms with van der Waals surface area (Å²) in [5.41, 5.74) is 0.824. The first-order chi connectivity index (χ1) is 12.6. The first-order valence-corrected chi connectivity index (χ1v) is 9.91. The molecular weight excluding hydrogens is 350 g/mol. The topological polar surface area (TPSA) is 68.5 Å². The summed E-state index contributed by atoms with van der Waals surface area (Å²) in [4.78, 5) is 14.3. The molecule has 0 saturated heterocycles. The molecule has 6 nitrogen and oxygen atoms in total. The molecule has 1 saturated carbocycles. The van der Waals surface area contributed by atoms with Crippen molar-refractivity contribution < 1.29 is 13.9 Å².